The molecule has 0 saturated carbocycles. The molecule has 1 fully saturated rings. The number of rotatable bonds is 2. The van der Waals surface area contributed by atoms with Gasteiger partial charge in [0.2, 0.25) is 0 Å². The van der Waals surface area contributed by atoms with Gasteiger partial charge in [-0.25, -0.2) is 9.37 Å². The molecule has 1 amide bonds. The zero-order valence-corrected chi connectivity index (χ0v) is 12.9. The predicted octanol–water partition coefficient (Wildman–Crippen LogP) is 3.27. The molecule has 2 heterocycles. The van der Waals surface area contributed by atoms with Gasteiger partial charge in [0, 0.05) is 11.6 Å². The molecule has 116 valence electrons. The molecule has 1 unspecified atom stereocenters. The van der Waals surface area contributed by atoms with Gasteiger partial charge in [0.05, 0.1) is 11.6 Å². The standard InChI is InChI=1S/C15H16ClFN4O/c1-9-18-14(20-19-9)13-4-2-3-7-21(13)15(22)11-6-5-10(16)8-12(11)17/h5-6,8,13H,2-4,7H2,1H3,(H,18,19,20). The fourth-order valence-corrected chi connectivity index (χ4v) is 2.93. The number of benzene rings is 1. The first-order chi connectivity index (χ1) is 10.6. The summed E-state index contributed by atoms with van der Waals surface area (Å²) in [4.78, 5) is 18.7. The van der Waals surface area contributed by atoms with Crippen molar-refractivity contribution >= 4 is 17.5 Å². The Balaban J connectivity index is 1.91. The second-order valence-electron chi connectivity index (χ2n) is 5.41. The summed E-state index contributed by atoms with van der Waals surface area (Å²) in [5, 5.41) is 7.22. The van der Waals surface area contributed by atoms with Gasteiger partial charge in [-0.1, -0.05) is 11.6 Å². The van der Waals surface area contributed by atoms with Crippen molar-refractivity contribution in [2.45, 2.75) is 32.2 Å². The van der Waals surface area contributed by atoms with Crippen LogP contribution in [0, 0.1) is 12.7 Å². The van der Waals surface area contributed by atoms with Crippen LogP contribution in [-0.2, 0) is 0 Å². The van der Waals surface area contributed by atoms with Crippen molar-refractivity contribution < 1.29 is 9.18 Å². The van der Waals surface area contributed by atoms with Gasteiger partial charge in [-0.3, -0.25) is 9.89 Å². The number of H-pyrrole nitrogens is 1. The van der Waals surface area contributed by atoms with Crippen LogP contribution in [0.5, 0.6) is 0 Å². The minimum Gasteiger partial charge on any atom is -0.328 e. The largest absolute Gasteiger partial charge is 0.328 e. The normalized spacial score (nSPS) is 18.5. The number of carbonyl (C=O) groups is 1. The number of nitrogens with zero attached hydrogens (tertiary/aromatic N) is 3. The van der Waals surface area contributed by atoms with E-state index in [0.717, 1.165) is 25.3 Å². The summed E-state index contributed by atoms with van der Waals surface area (Å²) in [6.45, 7) is 2.38. The van der Waals surface area contributed by atoms with E-state index in [1.54, 1.807) is 4.90 Å². The number of piperidine rings is 1. The molecule has 22 heavy (non-hydrogen) atoms. The first-order valence-electron chi connectivity index (χ1n) is 7.21. The van der Waals surface area contributed by atoms with E-state index in [4.69, 9.17) is 11.6 Å². The van der Waals surface area contributed by atoms with Crippen LogP contribution in [0.2, 0.25) is 5.02 Å². The molecule has 0 bridgehead atoms. The summed E-state index contributed by atoms with van der Waals surface area (Å²) in [5.74, 6) is 0.333. The summed E-state index contributed by atoms with van der Waals surface area (Å²) in [6.07, 6.45) is 2.66. The van der Waals surface area contributed by atoms with Crippen LogP contribution in [-0.4, -0.2) is 32.5 Å². The highest BCUT2D eigenvalue weighted by Gasteiger charge is 2.32. The molecular formula is C15H16ClFN4O. The third-order valence-corrected chi connectivity index (χ3v) is 4.07. The number of aromatic amines is 1. The summed E-state index contributed by atoms with van der Waals surface area (Å²) in [7, 11) is 0. The second-order valence-corrected chi connectivity index (χ2v) is 5.85. The summed E-state index contributed by atoms with van der Waals surface area (Å²) in [6, 6.07) is 3.88. The van der Waals surface area contributed by atoms with Crippen molar-refractivity contribution in [3.8, 4) is 0 Å². The van der Waals surface area contributed by atoms with E-state index >= 15 is 0 Å². The molecule has 1 aliphatic heterocycles. The zero-order chi connectivity index (χ0) is 15.7. The Morgan fingerprint density at radius 1 is 1.45 bits per heavy atom. The van der Waals surface area contributed by atoms with Crippen LogP contribution >= 0.6 is 11.6 Å². The lowest BCUT2D eigenvalue weighted by Gasteiger charge is -2.34. The van der Waals surface area contributed by atoms with Crippen molar-refractivity contribution in [3.05, 3.63) is 46.3 Å². The smallest absolute Gasteiger partial charge is 0.257 e. The molecule has 1 atom stereocenters. The fourth-order valence-electron chi connectivity index (χ4n) is 2.77. The number of halogens is 2. The maximum absolute atomic E-state index is 14.0. The van der Waals surface area contributed by atoms with E-state index in [1.807, 2.05) is 6.92 Å². The van der Waals surface area contributed by atoms with Gasteiger partial charge < -0.3 is 4.90 Å². The highest BCUT2D eigenvalue weighted by atomic mass is 35.5. The van der Waals surface area contributed by atoms with Crippen LogP contribution in [0.25, 0.3) is 0 Å². The number of nitrogens with one attached hydrogen (secondary N) is 1. The van der Waals surface area contributed by atoms with Gasteiger partial charge in [-0.2, -0.15) is 5.10 Å². The first kappa shape index (κ1) is 15.0. The number of amides is 1. The molecule has 1 N–H and O–H groups in total. The zero-order valence-electron chi connectivity index (χ0n) is 12.1. The van der Waals surface area contributed by atoms with Crippen LogP contribution in [0.1, 0.15) is 47.3 Å². The van der Waals surface area contributed by atoms with E-state index in [0.29, 0.717) is 18.2 Å². The Morgan fingerprint density at radius 3 is 2.95 bits per heavy atom. The van der Waals surface area contributed by atoms with Crippen molar-refractivity contribution in [1.82, 2.24) is 20.1 Å². The molecule has 1 aromatic heterocycles. The molecular weight excluding hydrogens is 307 g/mol. The van der Waals surface area contributed by atoms with Crippen LogP contribution < -0.4 is 0 Å². The molecule has 3 rings (SSSR count). The van der Waals surface area contributed by atoms with Crippen molar-refractivity contribution in [3.63, 3.8) is 0 Å². The minimum absolute atomic E-state index is 0.0311. The average Bonchev–Trinajstić information content (AvgIpc) is 2.93. The van der Waals surface area contributed by atoms with Gasteiger partial charge >= 0.3 is 0 Å². The minimum atomic E-state index is -0.604. The summed E-state index contributed by atoms with van der Waals surface area (Å²) in [5.41, 5.74) is 0.0311. The predicted molar refractivity (Wildman–Crippen MR) is 80.2 cm³/mol. The molecule has 1 aromatic carbocycles. The fraction of sp³-hybridized carbons (Fsp3) is 0.400. The lowest BCUT2D eigenvalue weighted by molar-refractivity contribution is 0.0595. The molecule has 2 aromatic rings. The molecule has 0 aliphatic carbocycles. The molecule has 0 spiro atoms. The van der Waals surface area contributed by atoms with E-state index < -0.39 is 5.82 Å². The number of aromatic nitrogens is 3. The van der Waals surface area contributed by atoms with E-state index in [9.17, 15) is 9.18 Å². The highest BCUT2D eigenvalue weighted by molar-refractivity contribution is 6.30. The topological polar surface area (TPSA) is 61.9 Å². The Hall–Kier alpha value is -1.95. The van der Waals surface area contributed by atoms with Gasteiger partial charge in [0.25, 0.3) is 5.91 Å². The maximum atomic E-state index is 14.0. The quantitative estimate of drug-likeness (QED) is 0.923. The number of likely N-dealkylation sites (tertiary alicyclic amines) is 1. The SMILES string of the molecule is Cc1nc(C2CCCCN2C(=O)c2ccc(Cl)cc2F)n[nH]1. The Labute approximate surface area is 132 Å². The number of hydrogen-bond donors (Lipinski definition) is 1. The average molecular weight is 323 g/mol. The van der Waals surface area contributed by atoms with E-state index in [2.05, 4.69) is 15.2 Å². The molecule has 7 heteroatoms. The molecule has 1 saturated heterocycles. The maximum Gasteiger partial charge on any atom is 0.257 e. The van der Waals surface area contributed by atoms with Crippen LogP contribution in [0.4, 0.5) is 4.39 Å². The van der Waals surface area contributed by atoms with E-state index in [-0.39, 0.29) is 22.5 Å². The van der Waals surface area contributed by atoms with Gasteiger partial charge in [-0.15, -0.1) is 0 Å². The van der Waals surface area contributed by atoms with Gasteiger partial charge in [0.15, 0.2) is 5.82 Å². The lowest BCUT2D eigenvalue weighted by atomic mass is 10.00. The Kier molecular flexibility index (Phi) is 4.11. The van der Waals surface area contributed by atoms with E-state index in [1.165, 1.54) is 12.1 Å². The number of carbonyl (C=O) groups excluding carboxylic acids is 1. The van der Waals surface area contributed by atoms with Gasteiger partial charge in [0.1, 0.15) is 11.6 Å². The summed E-state index contributed by atoms with van der Waals surface area (Å²) < 4.78 is 14.0. The van der Waals surface area contributed by atoms with Crippen molar-refractivity contribution in [2.24, 2.45) is 0 Å². The Bertz CT molecular complexity index is 703. The second kappa shape index (κ2) is 6.04. The lowest BCUT2D eigenvalue weighted by Crippen LogP contribution is -2.39. The number of aryl methyl sites for hydroxylation is 1. The van der Waals surface area contributed by atoms with Crippen molar-refractivity contribution in [2.75, 3.05) is 6.54 Å². The first-order valence-corrected chi connectivity index (χ1v) is 7.59. The van der Waals surface area contributed by atoms with Gasteiger partial charge in [-0.05, 0) is 44.4 Å². The molecule has 0 radical (unpaired) electrons. The van der Waals surface area contributed by atoms with Crippen LogP contribution in [0.15, 0.2) is 18.2 Å². The monoisotopic (exact) mass is 322 g/mol. The third kappa shape index (κ3) is 2.83. The highest BCUT2D eigenvalue weighted by Crippen LogP contribution is 2.31. The third-order valence-electron chi connectivity index (χ3n) is 3.84. The summed E-state index contributed by atoms with van der Waals surface area (Å²) >= 11 is 5.75. The van der Waals surface area contributed by atoms with Crippen molar-refractivity contribution in [1.29, 1.82) is 0 Å². The van der Waals surface area contributed by atoms with Crippen LogP contribution in [0.3, 0.4) is 0 Å². The Morgan fingerprint density at radius 2 is 2.27 bits per heavy atom. The molecule has 1 aliphatic rings. The number of hydrogen-bond acceptors (Lipinski definition) is 3. The molecule has 5 nitrogen and oxygen atoms in total.